The maximum atomic E-state index is 13.2. The topological polar surface area (TPSA) is 97.0 Å². The second kappa shape index (κ2) is 5.73. The van der Waals surface area contributed by atoms with Crippen LogP contribution in [0.5, 0.6) is 5.75 Å². The second-order valence-corrected chi connectivity index (χ2v) is 6.95. The molecule has 11 heteroatoms. The molecule has 3 atom stereocenters. The quantitative estimate of drug-likeness (QED) is 0.669. The zero-order chi connectivity index (χ0) is 19.6. The van der Waals surface area contributed by atoms with Gasteiger partial charge in [-0.05, 0) is 19.5 Å². The van der Waals surface area contributed by atoms with Crippen LogP contribution >= 0.6 is 0 Å². The van der Waals surface area contributed by atoms with E-state index in [0.29, 0.717) is 13.1 Å². The van der Waals surface area contributed by atoms with Crippen LogP contribution in [0.25, 0.3) is 0 Å². The number of fused-ring (bicyclic) bond motifs is 3. The van der Waals surface area contributed by atoms with Crippen LogP contribution in [0, 0.1) is 0 Å². The average molecular weight is 385 g/mol. The summed E-state index contributed by atoms with van der Waals surface area (Å²) in [5, 5.41) is 12.0. The fraction of sp³-hybridized carbons (Fsp3) is 0.500. The molecule has 146 valence electrons. The average Bonchev–Trinajstić information content (AvgIpc) is 3.24. The van der Waals surface area contributed by atoms with Crippen LogP contribution < -0.4 is 20.7 Å². The van der Waals surface area contributed by atoms with Crippen molar-refractivity contribution in [2.45, 2.75) is 30.4 Å². The van der Waals surface area contributed by atoms with Crippen LogP contribution in [0.15, 0.2) is 18.2 Å². The first-order valence-electron chi connectivity index (χ1n) is 8.28. The van der Waals surface area contributed by atoms with Crippen LogP contribution in [-0.4, -0.2) is 60.3 Å². The molecule has 1 aromatic rings. The van der Waals surface area contributed by atoms with Gasteiger partial charge in [0.05, 0.1) is 11.7 Å². The second-order valence-electron chi connectivity index (χ2n) is 6.95. The molecule has 4 rings (SSSR count). The standard InChI is InChI=1S/C16H17F3N4O4/c1-22-6-9-5-8(22)7-23(9)13(24)15(14(25)26)10-3-2-4-11(12(10)20-21-15)27-16(17,18)19/h2-4,8-9,20-21H,5-7H2,1H3,(H,25,26)/p-1/t8-,9-,15?/m0/s1. The Morgan fingerprint density at radius 3 is 2.59 bits per heavy atom. The zero-order valence-electron chi connectivity index (χ0n) is 14.2. The Bertz CT molecular complexity index is 815. The summed E-state index contributed by atoms with van der Waals surface area (Å²) in [5.41, 5.74) is 1.95. The Hall–Kier alpha value is -2.53. The number of hydrogen-bond acceptors (Lipinski definition) is 7. The number of rotatable bonds is 3. The number of carbonyl (C=O) groups is 2. The van der Waals surface area contributed by atoms with E-state index in [4.69, 9.17) is 0 Å². The Balaban J connectivity index is 1.73. The molecule has 2 fully saturated rings. The summed E-state index contributed by atoms with van der Waals surface area (Å²) >= 11 is 0. The molecule has 3 aliphatic rings. The molecular formula is C16H16F3N4O4-. The number of nitrogens with zero attached hydrogens (tertiary/aromatic N) is 2. The molecule has 1 amide bonds. The van der Waals surface area contributed by atoms with Crippen molar-refractivity contribution in [3.63, 3.8) is 0 Å². The third-order valence-corrected chi connectivity index (χ3v) is 5.43. The molecule has 0 aromatic heterocycles. The van der Waals surface area contributed by atoms with Gasteiger partial charge in [0.2, 0.25) is 0 Å². The van der Waals surface area contributed by atoms with Gasteiger partial charge in [-0.3, -0.25) is 9.69 Å². The van der Waals surface area contributed by atoms with Crippen molar-refractivity contribution < 1.29 is 32.6 Å². The molecule has 0 aliphatic carbocycles. The van der Waals surface area contributed by atoms with E-state index in [1.807, 2.05) is 7.05 Å². The van der Waals surface area contributed by atoms with E-state index in [-0.39, 0.29) is 23.3 Å². The van der Waals surface area contributed by atoms with Crippen molar-refractivity contribution >= 4 is 17.6 Å². The lowest BCUT2D eigenvalue weighted by molar-refractivity contribution is -0.313. The predicted octanol–water partition coefficient (Wildman–Crippen LogP) is -0.625. The first kappa shape index (κ1) is 17.9. The van der Waals surface area contributed by atoms with E-state index in [0.717, 1.165) is 12.5 Å². The van der Waals surface area contributed by atoms with Crippen LogP contribution in [0.3, 0.4) is 0 Å². The van der Waals surface area contributed by atoms with Crippen LogP contribution in [0.2, 0.25) is 0 Å². The number of anilines is 1. The number of ether oxygens (including phenoxy) is 1. The number of hydrogen-bond donors (Lipinski definition) is 2. The third kappa shape index (κ3) is 2.60. The van der Waals surface area contributed by atoms with Crippen LogP contribution in [-0.2, 0) is 15.1 Å². The number of nitrogens with one attached hydrogen (secondary N) is 2. The molecular weight excluding hydrogens is 369 g/mol. The highest BCUT2D eigenvalue weighted by Crippen LogP contribution is 2.43. The van der Waals surface area contributed by atoms with Crippen molar-refractivity contribution in [3.05, 3.63) is 23.8 Å². The number of likely N-dealkylation sites (N-methyl/N-ethyl adjacent to an activating group) is 1. The summed E-state index contributed by atoms with van der Waals surface area (Å²) in [4.78, 5) is 28.8. The molecule has 1 unspecified atom stereocenters. The monoisotopic (exact) mass is 385 g/mol. The van der Waals surface area contributed by atoms with Gasteiger partial charge >= 0.3 is 6.36 Å². The minimum absolute atomic E-state index is 0.131. The molecule has 0 saturated carbocycles. The van der Waals surface area contributed by atoms with E-state index < -0.39 is 29.5 Å². The SMILES string of the molecule is CN1C[C@@H]2C[C@H]1CN2C(=O)C1(C(=O)[O-])NNc2c(OC(F)(F)F)cccc21. The number of benzene rings is 1. The first-order chi connectivity index (χ1) is 12.6. The number of piperazine rings is 1. The number of carboxylic acid groups (broad SMARTS) is 1. The number of carbonyl (C=O) groups excluding carboxylic acids is 2. The molecule has 8 nitrogen and oxygen atoms in total. The Morgan fingerprint density at radius 1 is 1.30 bits per heavy atom. The summed E-state index contributed by atoms with van der Waals surface area (Å²) in [6.07, 6.45) is -4.24. The molecule has 27 heavy (non-hydrogen) atoms. The highest BCUT2D eigenvalue weighted by atomic mass is 19.4. The lowest BCUT2D eigenvalue weighted by Crippen LogP contribution is -2.65. The van der Waals surface area contributed by atoms with Gasteiger partial charge in [-0.15, -0.1) is 13.2 Å². The number of hydrazine groups is 1. The summed E-state index contributed by atoms with van der Waals surface area (Å²) < 4.78 is 41.8. The minimum Gasteiger partial charge on any atom is -0.547 e. The summed E-state index contributed by atoms with van der Waals surface area (Å²) in [5.74, 6) is -3.15. The first-order valence-corrected chi connectivity index (χ1v) is 8.28. The van der Waals surface area contributed by atoms with Gasteiger partial charge in [0.1, 0.15) is 0 Å². The lowest BCUT2D eigenvalue weighted by atomic mass is 9.88. The number of para-hydroxylation sites is 1. The maximum absolute atomic E-state index is 13.2. The fourth-order valence-electron chi connectivity index (χ4n) is 4.15. The molecule has 3 aliphatic heterocycles. The van der Waals surface area contributed by atoms with Crippen LogP contribution in [0.1, 0.15) is 12.0 Å². The van der Waals surface area contributed by atoms with Gasteiger partial charge in [0.15, 0.2) is 11.3 Å². The van der Waals surface area contributed by atoms with Crippen molar-refractivity contribution in [1.82, 2.24) is 15.2 Å². The Kier molecular flexibility index (Phi) is 3.79. The fourth-order valence-corrected chi connectivity index (χ4v) is 4.15. The molecule has 0 spiro atoms. The zero-order valence-corrected chi connectivity index (χ0v) is 14.2. The van der Waals surface area contributed by atoms with Crippen molar-refractivity contribution in [2.75, 3.05) is 25.6 Å². The third-order valence-electron chi connectivity index (χ3n) is 5.43. The van der Waals surface area contributed by atoms with Gasteiger partial charge in [0.25, 0.3) is 5.91 Å². The van der Waals surface area contributed by atoms with Gasteiger partial charge in [-0.1, -0.05) is 12.1 Å². The molecule has 2 N–H and O–H groups in total. The van der Waals surface area contributed by atoms with Gasteiger partial charge < -0.3 is 25.0 Å². The number of aliphatic carboxylic acids is 1. The number of likely N-dealkylation sites (tertiary alicyclic amines) is 2. The normalized spacial score (nSPS) is 29.6. The lowest BCUT2D eigenvalue weighted by Gasteiger charge is -2.38. The number of alkyl halides is 3. The van der Waals surface area contributed by atoms with Crippen molar-refractivity contribution in [3.8, 4) is 5.75 Å². The molecule has 2 saturated heterocycles. The van der Waals surface area contributed by atoms with E-state index in [1.165, 1.54) is 17.0 Å². The summed E-state index contributed by atoms with van der Waals surface area (Å²) in [6.45, 7) is 0.960. The van der Waals surface area contributed by atoms with Gasteiger partial charge in [-0.25, -0.2) is 5.43 Å². The molecule has 0 radical (unpaired) electrons. The number of carboxylic acids is 1. The van der Waals surface area contributed by atoms with Gasteiger partial charge in [-0.2, -0.15) is 0 Å². The molecule has 2 bridgehead atoms. The molecule has 3 heterocycles. The highest BCUT2D eigenvalue weighted by Gasteiger charge is 2.55. The molecule has 1 aromatic carbocycles. The van der Waals surface area contributed by atoms with E-state index >= 15 is 0 Å². The van der Waals surface area contributed by atoms with Crippen molar-refractivity contribution in [2.24, 2.45) is 0 Å². The summed E-state index contributed by atoms with van der Waals surface area (Å²) in [7, 11) is 1.92. The van der Waals surface area contributed by atoms with Crippen molar-refractivity contribution in [1.29, 1.82) is 0 Å². The predicted molar refractivity (Wildman–Crippen MR) is 83.1 cm³/mol. The maximum Gasteiger partial charge on any atom is 0.573 e. The Labute approximate surface area is 151 Å². The minimum atomic E-state index is -4.97. The Morgan fingerprint density at radius 2 is 2.04 bits per heavy atom. The smallest absolute Gasteiger partial charge is 0.547 e. The summed E-state index contributed by atoms with van der Waals surface area (Å²) in [6, 6.07) is 3.47. The van der Waals surface area contributed by atoms with Crippen LogP contribution in [0.4, 0.5) is 18.9 Å². The van der Waals surface area contributed by atoms with E-state index in [2.05, 4.69) is 20.5 Å². The van der Waals surface area contributed by atoms with E-state index in [1.54, 1.807) is 0 Å². The largest absolute Gasteiger partial charge is 0.573 e. The van der Waals surface area contributed by atoms with E-state index in [9.17, 15) is 27.9 Å². The number of halogens is 3. The highest BCUT2D eigenvalue weighted by molar-refractivity contribution is 6.10. The number of amides is 1. The van der Waals surface area contributed by atoms with Gasteiger partial charge in [0, 0.05) is 30.7 Å².